The first-order valence-electron chi connectivity index (χ1n) is 6.35. The van der Waals surface area contributed by atoms with Gasteiger partial charge in [0.25, 0.3) is 0 Å². The first kappa shape index (κ1) is 10.2. The number of hydrogen-bond acceptors (Lipinski definition) is 4. The maximum absolute atomic E-state index is 4.17. The topological polar surface area (TPSA) is 46.8 Å². The average Bonchev–Trinajstić information content (AvgIpc) is 3.03. The lowest BCUT2D eigenvalue weighted by atomic mass is 10.0. The summed E-state index contributed by atoms with van der Waals surface area (Å²) >= 11 is 0. The molecule has 3 rings (SSSR count). The van der Waals surface area contributed by atoms with E-state index in [1.807, 2.05) is 4.68 Å². The van der Waals surface area contributed by atoms with E-state index in [0.717, 1.165) is 12.4 Å². The van der Waals surface area contributed by atoms with E-state index < -0.39 is 0 Å². The van der Waals surface area contributed by atoms with Gasteiger partial charge in [-0.05, 0) is 49.6 Å². The van der Waals surface area contributed by atoms with Gasteiger partial charge in [0.1, 0.15) is 0 Å². The Kier molecular flexibility index (Phi) is 2.63. The Hall–Kier alpha value is -0.970. The Morgan fingerprint density at radius 2 is 2.12 bits per heavy atom. The fourth-order valence-electron chi connectivity index (χ4n) is 2.49. The third-order valence-corrected chi connectivity index (χ3v) is 3.74. The molecule has 16 heavy (non-hydrogen) atoms. The summed E-state index contributed by atoms with van der Waals surface area (Å²) in [5.41, 5.74) is 0. The number of likely N-dealkylation sites (tertiary alicyclic amines) is 1. The van der Waals surface area contributed by atoms with E-state index in [2.05, 4.69) is 27.3 Å². The van der Waals surface area contributed by atoms with Crippen LogP contribution in [-0.4, -0.2) is 37.7 Å². The molecule has 88 valence electrons. The maximum Gasteiger partial charge on any atom is 0.165 e. The van der Waals surface area contributed by atoms with Crippen molar-refractivity contribution in [2.45, 2.75) is 57.7 Å². The third-order valence-electron chi connectivity index (χ3n) is 3.74. The molecule has 2 fully saturated rings. The van der Waals surface area contributed by atoms with Crippen molar-refractivity contribution in [3.8, 4) is 0 Å². The van der Waals surface area contributed by atoms with E-state index >= 15 is 0 Å². The number of aromatic nitrogens is 4. The number of nitrogens with zero attached hydrogens (tertiary/aromatic N) is 5. The van der Waals surface area contributed by atoms with Crippen LogP contribution in [0.3, 0.4) is 0 Å². The highest BCUT2D eigenvalue weighted by Gasteiger charge is 2.29. The molecule has 1 saturated carbocycles. The number of rotatable bonds is 3. The molecule has 0 spiro atoms. The summed E-state index contributed by atoms with van der Waals surface area (Å²) in [6.07, 6.45) is 6.48. The molecule has 0 bridgehead atoms. The minimum atomic E-state index is 0.588. The zero-order valence-electron chi connectivity index (χ0n) is 9.84. The molecule has 1 aromatic rings. The minimum absolute atomic E-state index is 0.588. The van der Waals surface area contributed by atoms with Crippen molar-refractivity contribution in [3.05, 3.63) is 5.82 Å². The molecule has 0 aromatic carbocycles. The normalized spacial score (nSPS) is 27.2. The van der Waals surface area contributed by atoms with Gasteiger partial charge in [-0.25, -0.2) is 4.68 Å². The Balaban J connectivity index is 1.70. The lowest BCUT2D eigenvalue weighted by molar-refractivity contribution is 0.146. The van der Waals surface area contributed by atoms with Crippen molar-refractivity contribution in [1.82, 2.24) is 25.1 Å². The second-order valence-corrected chi connectivity index (χ2v) is 5.09. The molecule has 1 saturated heterocycles. The zero-order valence-corrected chi connectivity index (χ0v) is 9.84. The Morgan fingerprint density at radius 1 is 1.25 bits per heavy atom. The van der Waals surface area contributed by atoms with Gasteiger partial charge >= 0.3 is 0 Å². The molecule has 0 amide bonds. The van der Waals surface area contributed by atoms with Crippen LogP contribution in [0.15, 0.2) is 0 Å². The predicted molar refractivity (Wildman–Crippen MR) is 59.8 cm³/mol. The Labute approximate surface area is 95.8 Å². The summed E-state index contributed by atoms with van der Waals surface area (Å²) in [5.74, 6) is 1.05. The first-order chi connectivity index (χ1) is 7.84. The molecular weight excluding hydrogens is 202 g/mol. The van der Waals surface area contributed by atoms with Gasteiger partial charge in [-0.2, -0.15) is 0 Å². The molecule has 1 atom stereocenters. The van der Waals surface area contributed by atoms with Crippen LogP contribution in [0.4, 0.5) is 0 Å². The second kappa shape index (κ2) is 4.13. The molecule has 1 unspecified atom stereocenters. The second-order valence-electron chi connectivity index (χ2n) is 5.09. The maximum atomic E-state index is 4.17. The fraction of sp³-hybridized carbons (Fsp3) is 0.909. The molecule has 2 aliphatic rings. The van der Waals surface area contributed by atoms with Crippen LogP contribution in [-0.2, 0) is 6.54 Å². The van der Waals surface area contributed by atoms with Crippen molar-refractivity contribution in [2.75, 3.05) is 6.54 Å². The average molecular weight is 221 g/mol. The predicted octanol–water partition coefficient (Wildman–Crippen LogP) is 1.38. The summed E-state index contributed by atoms with van der Waals surface area (Å²) < 4.78 is 2.03. The highest BCUT2D eigenvalue weighted by atomic mass is 15.6. The van der Waals surface area contributed by atoms with Gasteiger partial charge in [-0.15, -0.1) is 5.10 Å². The molecule has 2 heterocycles. The van der Waals surface area contributed by atoms with Gasteiger partial charge in [-0.1, -0.05) is 6.42 Å². The van der Waals surface area contributed by atoms with Crippen LogP contribution in [0.5, 0.6) is 0 Å². The van der Waals surface area contributed by atoms with Crippen molar-refractivity contribution >= 4 is 0 Å². The highest BCUT2D eigenvalue weighted by molar-refractivity contribution is 4.91. The third kappa shape index (κ3) is 1.96. The molecule has 0 N–H and O–H groups in total. The highest BCUT2D eigenvalue weighted by Crippen LogP contribution is 2.34. The first-order valence-corrected chi connectivity index (χ1v) is 6.35. The van der Waals surface area contributed by atoms with Gasteiger partial charge < -0.3 is 0 Å². The summed E-state index contributed by atoms with van der Waals surface area (Å²) in [5, 5.41) is 12.1. The summed E-state index contributed by atoms with van der Waals surface area (Å²) in [7, 11) is 0. The quantitative estimate of drug-likeness (QED) is 0.773. The lowest BCUT2D eigenvalue weighted by Gasteiger charge is -2.32. The van der Waals surface area contributed by atoms with Crippen molar-refractivity contribution in [1.29, 1.82) is 0 Å². The van der Waals surface area contributed by atoms with Crippen LogP contribution in [0, 0.1) is 0 Å². The van der Waals surface area contributed by atoms with Crippen molar-refractivity contribution < 1.29 is 0 Å². The molecule has 1 aromatic heterocycles. The summed E-state index contributed by atoms with van der Waals surface area (Å²) in [6, 6.07) is 1.27. The van der Waals surface area contributed by atoms with Gasteiger partial charge in [0.15, 0.2) is 5.82 Å². The van der Waals surface area contributed by atoms with Crippen LogP contribution in [0.1, 0.15) is 50.9 Å². The SMILES string of the molecule is CC1CCCCN1Cc1nnnn1C1CC1. The molecule has 5 heteroatoms. The molecule has 1 aliphatic carbocycles. The van der Waals surface area contributed by atoms with E-state index in [4.69, 9.17) is 0 Å². The van der Waals surface area contributed by atoms with E-state index in [1.54, 1.807) is 0 Å². The van der Waals surface area contributed by atoms with Crippen molar-refractivity contribution in [3.63, 3.8) is 0 Å². The fourth-order valence-corrected chi connectivity index (χ4v) is 2.49. The van der Waals surface area contributed by atoms with Gasteiger partial charge in [0.2, 0.25) is 0 Å². The Morgan fingerprint density at radius 3 is 2.88 bits per heavy atom. The van der Waals surface area contributed by atoms with E-state index in [1.165, 1.54) is 38.6 Å². The van der Waals surface area contributed by atoms with Gasteiger partial charge in [0, 0.05) is 6.04 Å². The van der Waals surface area contributed by atoms with Crippen molar-refractivity contribution in [2.24, 2.45) is 0 Å². The number of hydrogen-bond donors (Lipinski definition) is 0. The van der Waals surface area contributed by atoms with Gasteiger partial charge in [0.05, 0.1) is 12.6 Å². The van der Waals surface area contributed by atoms with Crippen LogP contribution < -0.4 is 0 Å². The van der Waals surface area contributed by atoms with Gasteiger partial charge in [-0.3, -0.25) is 4.90 Å². The zero-order chi connectivity index (χ0) is 11.0. The van der Waals surface area contributed by atoms with E-state index in [9.17, 15) is 0 Å². The molecular formula is C11H19N5. The van der Waals surface area contributed by atoms with Crippen LogP contribution in [0.2, 0.25) is 0 Å². The Bertz CT molecular complexity index is 357. The molecule has 1 aliphatic heterocycles. The lowest BCUT2D eigenvalue weighted by Crippen LogP contribution is -2.37. The number of tetrazole rings is 1. The molecule has 5 nitrogen and oxygen atoms in total. The largest absolute Gasteiger partial charge is 0.293 e. The minimum Gasteiger partial charge on any atom is -0.293 e. The smallest absolute Gasteiger partial charge is 0.165 e. The summed E-state index contributed by atoms with van der Waals surface area (Å²) in [6.45, 7) is 4.42. The van der Waals surface area contributed by atoms with E-state index in [-0.39, 0.29) is 0 Å². The summed E-state index contributed by atoms with van der Waals surface area (Å²) in [4.78, 5) is 2.51. The standard InChI is InChI=1S/C11H19N5/c1-9-4-2-3-7-15(9)8-11-12-13-14-16(11)10-5-6-10/h9-10H,2-8H2,1H3. The number of piperidine rings is 1. The van der Waals surface area contributed by atoms with Crippen LogP contribution >= 0.6 is 0 Å². The van der Waals surface area contributed by atoms with E-state index in [0.29, 0.717) is 12.1 Å². The van der Waals surface area contributed by atoms with Crippen LogP contribution in [0.25, 0.3) is 0 Å². The molecule has 0 radical (unpaired) electrons. The monoisotopic (exact) mass is 221 g/mol.